The van der Waals surface area contributed by atoms with Crippen molar-refractivity contribution in [2.45, 2.75) is 0 Å². The molecule has 0 aromatic heterocycles. The van der Waals surface area contributed by atoms with Crippen LogP contribution in [0.4, 0.5) is 0 Å². The van der Waals surface area contributed by atoms with Gasteiger partial charge in [0, 0.05) is 5.56 Å². The monoisotopic (exact) mass is 172 g/mol. The molecular weight excluding hydrogens is 166 g/mol. The molecule has 0 bridgehead atoms. The first kappa shape index (κ1) is 8.76. The first-order chi connectivity index (χ1) is 6.27. The van der Waals surface area contributed by atoms with Crippen LogP contribution in [0.25, 0.3) is 10.7 Å². The third-order valence-corrected chi connectivity index (χ3v) is 1.49. The maximum absolute atomic E-state index is 9.21. The van der Waals surface area contributed by atoms with E-state index in [9.17, 15) is 5.11 Å². The van der Waals surface area contributed by atoms with Gasteiger partial charge in [-0.05, 0) is 24.3 Å². The Balaban J connectivity index is 3.02. The van der Waals surface area contributed by atoms with Crippen LogP contribution in [-0.2, 0) is 0 Å². The topological polar surface area (TPSA) is 72.2 Å². The zero-order valence-electron chi connectivity index (χ0n) is 6.68. The van der Waals surface area contributed by atoms with Gasteiger partial charge < -0.3 is 5.11 Å². The summed E-state index contributed by atoms with van der Waals surface area (Å²) < 4.78 is 0. The van der Waals surface area contributed by atoms with Crippen molar-refractivity contribution in [2.24, 2.45) is 0 Å². The van der Waals surface area contributed by atoms with E-state index >= 15 is 0 Å². The summed E-state index contributed by atoms with van der Waals surface area (Å²) in [5.41, 5.74) is 1.01. The number of hydrogen-bond acceptors (Lipinski definition) is 3. The van der Waals surface area contributed by atoms with Crippen molar-refractivity contribution < 1.29 is 5.11 Å². The molecule has 1 aromatic carbocycles. The first-order valence-electron chi connectivity index (χ1n) is 3.52. The van der Waals surface area contributed by atoms with Gasteiger partial charge in [-0.15, -0.1) is 0 Å². The van der Waals surface area contributed by atoms with Crippen LogP contribution in [0.5, 0.6) is 0 Å². The van der Waals surface area contributed by atoms with Crippen molar-refractivity contribution in [3.63, 3.8) is 0 Å². The van der Waals surface area contributed by atoms with Crippen LogP contribution in [0.1, 0.15) is 11.1 Å². The lowest BCUT2D eigenvalue weighted by Crippen LogP contribution is -1.82. The molecule has 4 heteroatoms. The Hall–Kier alpha value is -2.33. The van der Waals surface area contributed by atoms with E-state index in [4.69, 9.17) is 10.7 Å². The van der Waals surface area contributed by atoms with Gasteiger partial charge in [-0.1, -0.05) is 0 Å². The van der Waals surface area contributed by atoms with Crippen molar-refractivity contribution in [2.75, 3.05) is 0 Å². The van der Waals surface area contributed by atoms with Crippen LogP contribution in [-0.4, -0.2) is 5.11 Å². The molecule has 13 heavy (non-hydrogen) atoms. The molecule has 0 amide bonds. The third kappa shape index (κ3) is 2.05. The molecule has 0 heterocycles. The van der Waals surface area contributed by atoms with Gasteiger partial charge in [0.2, 0.25) is 11.2 Å². The van der Waals surface area contributed by atoms with Crippen LogP contribution < -0.4 is 0 Å². The number of nitrogens with zero attached hydrogens (tertiary/aromatic N) is 3. The summed E-state index contributed by atoms with van der Waals surface area (Å²) in [6.07, 6.45) is 0.918. The number of aliphatic hydroxyl groups excluding tert-OH is 1. The summed E-state index contributed by atoms with van der Waals surface area (Å²) in [4.78, 5) is 2.68. The van der Waals surface area contributed by atoms with Gasteiger partial charge in [0.15, 0.2) is 4.98 Å². The summed E-state index contributed by atoms with van der Waals surface area (Å²) >= 11 is 0. The number of benzene rings is 1. The summed E-state index contributed by atoms with van der Waals surface area (Å²) in [6, 6.07) is 8.21. The standard InChI is InChI=1S/C9H5N3O/c10-5-7-1-3-8(4-2-7)9(13)6-12-11/h1-4,6H/p+1/b9-6-. The average Bonchev–Trinajstić information content (AvgIpc) is 2.18. The fourth-order valence-corrected chi connectivity index (χ4v) is 0.845. The Bertz CT molecular complexity index is 406. The maximum Gasteiger partial charge on any atom is 0.392 e. The van der Waals surface area contributed by atoms with E-state index in [0.29, 0.717) is 11.1 Å². The predicted octanol–water partition coefficient (Wildman–Crippen LogP) is 2.27. The SMILES string of the molecule is N#Cc1ccc(/C(O)=C/[N+]#N)cc1. The fraction of sp³-hybridized carbons (Fsp3) is 0. The van der Waals surface area contributed by atoms with Gasteiger partial charge in [0.05, 0.1) is 11.6 Å². The first-order valence-corrected chi connectivity index (χ1v) is 3.52. The van der Waals surface area contributed by atoms with Crippen molar-refractivity contribution >= 4 is 5.76 Å². The molecule has 0 aliphatic rings. The average molecular weight is 172 g/mol. The second-order valence-electron chi connectivity index (χ2n) is 2.32. The molecule has 1 N–H and O–H groups in total. The molecule has 1 rings (SSSR count). The lowest BCUT2D eigenvalue weighted by Gasteiger charge is -1.94. The highest BCUT2D eigenvalue weighted by molar-refractivity contribution is 5.59. The summed E-state index contributed by atoms with van der Waals surface area (Å²) in [6.45, 7) is 0. The minimum atomic E-state index is -0.146. The van der Waals surface area contributed by atoms with E-state index in [1.54, 1.807) is 24.3 Å². The van der Waals surface area contributed by atoms with Crippen LogP contribution in [0.15, 0.2) is 30.5 Å². The number of aliphatic hydroxyl groups is 1. The lowest BCUT2D eigenvalue weighted by atomic mass is 10.1. The normalized spacial score (nSPS) is 10.2. The number of diazo groups is 1. The van der Waals surface area contributed by atoms with Gasteiger partial charge in [-0.25, -0.2) is 0 Å². The molecule has 1 aromatic rings. The van der Waals surface area contributed by atoms with Crippen molar-refractivity contribution in [1.29, 1.82) is 10.7 Å². The lowest BCUT2D eigenvalue weighted by molar-refractivity contribution is 0.511. The number of nitriles is 1. The third-order valence-electron chi connectivity index (χ3n) is 1.49. The van der Waals surface area contributed by atoms with Gasteiger partial charge in [-0.3, -0.25) is 0 Å². The van der Waals surface area contributed by atoms with Crippen LogP contribution in [0, 0.1) is 16.7 Å². The molecule has 0 saturated carbocycles. The smallest absolute Gasteiger partial charge is 0.392 e. The van der Waals surface area contributed by atoms with Crippen molar-refractivity contribution in [3.05, 3.63) is 46.6 Å². The maximum atomic E-state index is 9.21. The van der Waals surface area contributed by atoms with Gasteiger partial charge in [-0.2, -0.15) is 5.26 Å². The van der Waals surface area contributed by atoms with E-state index in [0.717, 1.165) is 6.20 Å². The molecule has 0 aliphatic heterocycles. The molecule has 0 radical (unpaired) electrons. The fourth-order valence-electron chi connectivity index (χ4n) is 0.845. The molecule has 0 spiro atoms. The van der Waals surface area contributed by atoms with Gasteiger partial charge in [0.25, 0.3) is 0 Å². The van der Waals surface area contributed by atoms with Crippen LogP contribution in [0.2, 0.25) is 0 Å². The summed E-state index contributed by atoms with van der Waals surface area (Å²) in [5.74, 6) is -0.146. The Morgan fingerprint density at radius 3 is 2.46 bits per heavy atom. The number of hydrogen-bond donors (Lipinski definition) is 1. The largest absolute Gasteiger partial charge is 0.501 e. The zero-order valence-corrected chi connectivity index (χ0v) is 6.68. The molecule has 0 saturated heterocycles. The molecule has 0 unspecified atom stereocenters. The quantitative estimate of drug-likeness (QED) is 0.521. The van der Waals surface area contributed by atoms with E-state index in [-0.39, 0.29) is 5.76 Å². The predicted molar refractivity (Wildman–Crippen MR) is 46.8 cm³/mol. The Morgan fingerprint density at radius 1 is 1.38 bits per heavy atom. The van der Waals surface area contributed by atoms with Crippen molar-refractivity contribution in [1.82, 2.24) is 0 Å². The van der Waals surface area contributed by atoms with E-state index < -0.39 is 0 Å². The second kappa shape index (κ2) is 3.89. The molecule has 0 atom stereocenters. The molecule has 4 nitrogen and oxygen atoms in total. The van der Waals surface area contributed by atoms with E-state index in [2.05, 4.69) is 4.98 Å². The zero-order chi connectivity index (χ0) is 9.68. The van der Waals surface area contributed by atoms with E-state index in [1.165, 1.54) is 0 Å². The molecule has 0 aliphatic carbocycles. The molecule has 62 valence electrons. The highest BCUT2D eigenvalue weighted by atomic mass is 16.3. The molecular formula is C9H6N3O+. The Kier molecular flexibility index (Phi) is 2.62. The highest BCUT2D eigenvalue weighted by Gasteiger charge is 2.02. The van der Waals surface area contributed by atoms with Gasteiger partial charge >= 0.3 is 6.20 Å². The Morgan fingerprint density at radius 2 is 2.00 bits per heavy atom. The van der Waals surface area contributed by atoms with Crippen LogP contribution >= 0.6 is 0 Å². The second-order valence-corrected chi connectivity index (χ2v) is 2.32. The minimum absolute atomic E-state index is 0.146. The Labute approximate surface area is 75.0 Å². The molecule has 0 fully saturated rings. The highest BCUT2D eigenvalue weighted by Crippen LogP contribution is 2.11. The van der Waals surface area contributed by atoms with E-state index in [1.807, 2.05) is 6.07 Å². The summed E-state index contributed by atoms with van der Waals surface area (Å²) in [7, 11) is 0. The van der Waals surface area contributed by atoms with Crippen molar-refractivity contribution in [3.8, 4) is 6.07 Å². The minimum Gasteiger partial charge on any atom is -0.501 e. The number of rotatable bonds is 1. The summed E-state index contributed by atoms with van der Waals surface area (Å²) in [5, 5.41) is 25.8. The van der Waals surface area contributed by atoms with Gasteiger partial charge in [0.1, 0.15) is 0 Å². The van der Waals surface area contributed by atoms with Crippen LogP contribution in [0.3, 0.4) is 0 Å².